The molecule has 1 aromatic carbocycles. The molecule has 0 bridgehead atoms. The van der Waals surface area contributed by atoms with Crippen molar-refractivity contribution in [1.82, 2.24) is 4.31 Å². The number of benzene rings is 1. The first kappa shape index (κ1) is 17.7. The first-order chi connectivity index (χ1) is 9.93. The van der Waals surface area contributed by atoms with Gasteiger partial charge in [-0.25, -0.2) is 8.42 Å². The fraction of sp³-hybridized carbons (Fsp3) is 0.467. The van der Waals surface area contributed by atoms with Crippen LogP contribution in [0.4, 0.5) is 0 Å². The lowest BCUT2D eigenvalue weighted by Crippen LogP contribution is -2.38. The number of rotatable bonds is 6. The van der Waals surface area contributed by atoms with Crippen molar-refractivity contribution in [2.24, 2.45) is 5.73 Å². The summed E-state index contributed by atoms with van der Waals surface area (Å²) in [4.78, 5) is 0.229. The number of aliphatic hydroxyl groups excluding tert-OH is 1. The van der Waals surface area contributed by atoms with Gasteiger partial charge < -0.3 is 10.8 Å². The summed E-state index contributed by atoms with van der Waals surface area (Å²) in [5.74, 6) is 5.57. The van der Waals surface area contributed by atoms with Crippen molar-refractivity contribution in [2.45, 2.75) is 31.2 Å². The van der Waals surface area contributed by atoms with Gasteiger partial charge in [-0.1, -0.05) is 11.8 Å². The summed E-state index contributed by atoms with van der Waals surface area (Å²) in [6, 6.07) is 6.26. The Labute approximate surface area is 126 Å². The first-order valence-electron chi connectivity index (χ1n) is 6.85. The van der Waals surface area contributed by atoms with Crippen LogP contribution >= 0.6 is 0 Å². The van der Waals surface area contributed by atoms with Crippen LogP contribution in [0.15, 0.2) is 29.2 Å². The highest BCUT2D eigenvalue weighted by Crippen LogP contribution is 2.19. The zero-order valence-corrected chi connectivity index (χ0v) is 13.2. The van der Waals surface area contributed by atoms with E-state index in [1.807, 2.05) is 13.8 Å². The molecule has 0 aliphatic heterocycles. The molecule has 0 aliphatic rings. The van der Waals surface area contributed by atoms with Gasteiger partial charge in [0.1, 0.15) is 0 Å². The van der Waals surface area contributed by atoms with Crippen molar-refractivity contribution in [3.8, 4) is 11.8 Å². The molecule has 0 amide bonds. The number of hydrogen-bond acceptors (Lipinski definition) is 4. The number of nitrogens with two attached hydrogens (primary N) is 1. The zero-order valence-electron chi connectivity index (χ0n) is 12.4. The van der Waals surface area contributed by atoms with E-state index in [9.17, 15) is 8.42 Å². The Kier molecular flexibility index (Phi) is 6.85. The molecule has 1 aromatic rings. The van der Waals surface area contributed by atoms with Crippen LogP contribution in [0.25, 0.3) is 0 Å². The quantitative estimate of drug-likeness (QED) is 0.761. The maximum absolute atomic E-state index is 12.6. The fourth-order valence-electron chi connectivity index (χ4n) is 1.88. The van der Waals surface area contributed by atoms with Gasteiger partial charge in [0.2, 0.25) is 10.0 Å². The highest BCUT2D eigenvalue weighted by atomic mass is 32.2. The molecular weight excluding hydrogens is 288 g/mol. The summed E-state index contributed by atoms with van der Waals surface area (Å²) in [6.45, 7) is 4.16. The van der Waals surface area contributed by atoms with E-state index in [1.54, 1.807) is 24.3 Å². The molecule has 0 saturated carbocycles. The van der Waals surface area contributed by atoms with Crippen LogP contribution in [0.1, 0.15) is 25.8 Å². The van der Waals surface area contributed by atoms with E-state index in [-0.39, 0.29) is 24.1 Å². The van der Waals surface area contributed by atoms with Crippen molar-refractivity contribution in [3.05, 3.63) is 29.8 Å². The molecule has 0 unspecified atom stereocenters. The number of aliphatic hydroxyl groups is 1. The Hall–Kier alpha value is -1.39. The second-order valence-corrected chi connectivity index (χ2v) is 6.71. The normalized spacial score (nSPS) is 11.5. The minimum atomic E-state index is -3.56. The van der Waals surface area contributed by atoms with Crippen LogP contribution in [0.2, 0.25) is 0 Å². The average Bonchev–Trinajstić information content (AvgIpc) is 2.45. The number of sulfonamides is 1. The van der Waals surface area contributed by atoms with Crippen molar-refractivity contribution < 1.29 is 13.5 Å². The molecule has 5 nitrogen and oxygen atoms in total. The second kappa shape index (κ2) is 8.15. The molecule has 0 aliphatic carbocycles. The van der Waals surface area contributed by atoms with E-state index in [1.165, 1.54) is 4.31 Å². The Morgan fingerprint density at radius 1 is 1.29 bits per heavy atom. The predicted octanol–water partition coefficient (Wildman–Crippen LogP) is 0.778. The minimum absolute atomic E-state index is 0.0354. The van der Waals surface area contributed by atoms with Gasteiger partial charge in [-0.05, 0) is 44.5 Å². The van der Waals surface area contributed by atoms with E-state index in [4.69, 9.17) is 10.8 Å². The lowest BCUT2D eigenvalue weighted by atomic mass is 10.2. The maximum Gasteiger partial charge on any atom is 0.243 e. The summed E-state index contributed by atoms with van der Waals surface area (Å²) in [6.07, 6.45) is 0.414. The SMILES string of the molecule is CC(C)N(CCCO)S(=O)(=O)c1ccc(C#CCN)cc1. The van der Waals surface area contributed by atoms with Gasteiger partial charge in [0.15, 0.2) is 0 Å². The summed E-state index contributed by atoms with van der Waals surface area (Å²) in [5.41, 5.74) is 6.03. The third-order valence-electron chi connectivity index (χ3n) is 2.91. The zero-order chi connectivity index (χ0) is 15.9. The lowest BCUT2D eigenvalue weighted by molar-refractivity contribution is 0.258. The molecule has 0 atom stereocenters. The molecule has 116 valence electrons. The van der Waals surface area contributed by atoms with Gasteiger partial charge in [-0.3, -0.25) is 0 Å². The second-order valence-electron chi connectivity index (χ2n) is 4.82. The molecule has 0 saturated heterocycles. The van der Waals surface area contributed by atoms with Crippen molar-refractivity contribution in [1.29, 1.82) is 0 Å². The highest BCUT2D eigenvalue weighted by Gasteiger charge is 2.26. The molecule has 6 heteroatoms. The molecular formula is C15H22N2O3S. The summed E-state index contributed by atoms with van der Waals surface area (Å²) < 4.78 is 26.6. The van der Waals surface area contributed by atoms with Gasteiger partial charge in [-0.15, -0.1) is 0 Å². The standard InChI is InChI=1S/C15H22N2O3S/c1-13(2)17(11-4-12-18)21(19,20)15-8-6-14(7-9-15)5-3-10-16/h6-9,13,18H,4,10-12,16H2,1-2H3. The minimum Gasteiger partial charge on any atom is -0.396 e. The van der Waals surface area contributed by atoms with Crippen molar-refractivity contribution in [3.63, 3.8) is 0 Å². The lowest BCUT2D eigenvalue weighted by Gasteiger charge is -2.25. The average molecular weight is 310 g/mol. The largest absolute Gasteiger partial charge is 0.396 e. The van der Waals surface area contributed by atoms with Crippen molar-refractivity contribution in [2.75, 3.05) is 19.7 Å². The summed E-state index contributed by atoms with van der Waals surface area (Å²) in [7, 11) is -3.56. The Morgan fingerprint density at radius 2 is 1.90 bits per heavy atom. The Morgan fingerprint density at radius 3 is 2.38 bits per heavy atom. The van der Waals surface area contributed by atoms with E-state index in [0.29, 0.717) is 13.0 Å². The van der Waals surface area contributed by atoms with E-state index in [2.05, 4.69) is 11.8 Å². The van der Waals surface area contributed by atoms with E-state index >= 15 is 0 Å². The topological polar surface area (TPSA) is 83.6 Å². The molecule has 21 heavy (non-hydrogen) atoms. The molecule has 3 N–H and O–H groups in total. The molecule has 0 fully saturated rings. The van der Waals surface area contributed by atoms with Gasteiger partial charge in [0, 0.05) is 24.8 Å². The number of hydrogen-bond donors (Lipinski definition) is 2. The third-order valence-corrected chi connectivity index (χ3v) is 5.00. The maximum atomic E-state index is 12.6. The van der Waals surface area contributed by atoms with Crippen LogP contribution in [-0.4, -0.2) is 43.6 Å². The molecule has 0 aromatic heterocycles. The molecule has 1 rings (SSSR count). The number of nitrogens with zero attached hydrogens (tertiary/aromatic N) is 1. The Bertz CT molecular complexity index is 598. The van der Waals surface area contributed by atoms with E-state index in [0.717, 1.165) is 5.56 Å². The molecule has 0 radical (unpaired) electrons. The molecule has 0 spiro atoms. The van der Waals surface area contributed by atoms with Gasteiger partial charge in [-0.2, -0.15) is 4.31 Å². The van der Waals surface area contributed by atoms with Crippen molar-refractivity contribution >= 4 is 10.0 Å². The van der Waals surface area contributed by atoms with Gasteiger partial charge in [0.05, 0.1) is 11.4 Å². The van der Waals surface area contributed by atoms with E-state index < -0.39 is 10.0 Å². The van der Waals surface area contributed by atoms with Crippen LogP contribution in [0.3, 0.4) is 0 Å². The molecule has 0 heterocycles. The summed E-state index contributed by atoms with van der Waals surface area (Å²) in [5, 5.41) is 8.91. The van der Waals surface area contributed by atoms with Gasteiger partial charge in [0.25, 0.3) is 0 Å². The van der Waals surface area contributed by atoms with Crippen LogP contribution in [0, 0.1) is 11.8 Å². The van der Waals surface area contributed by atoms with Crippen LogP contribution in [0.5, 0.6) is 0 Å². The van der Waals surface area contributed by atoms with Crippen LogP contribution in [-0.2, 0) is 10.0 Å². The summed E-state index contributed by atoms with van der Waals surface area (Å²) >= 11 is 0. The monoisotopic (exact) mass is 310 g/mol. The smallest absolute Gasteiger partial charge is 0.243 e. The van der Waals surface area contributed by atoms with Crippen LogP contribution < -0.4 is 5.73 Å². The first-order valence-corrected chi connectivity index (χ1v) is 8.29. The third kappa shape index (κ3) is 4.83. The Balaban J connectivity index is 3.04. The predicted molar refractivity (Wildman–Crippen MR) is 83.1 cm³/mol. The fourth-order valence-corrected chi connectivity index (χ4v) is 3.56. The highest BCUT2D eigenvalue weighted by molar-refractivity contribution is 7.89. The van der Waals surface area contributed by atoms with Gasteiger partial charge >= 0.3 is 0 Å².